The van der Waals surface area contributed by atoms with E-state index in [9.17, 15) is 4.79 Å². The van der Waals surface area contributed by atoms with Crippen LogP contribution in [0.2, 0.25) is 0 Å². The van der Waals surface area contributed by atoms with Gasteiger partial charge in [-0.1, -0.05) is 0 Å². The van der Waals surface area contributed by atoms with Crippen LogP contribution in [0, 0.1) is 6.92 Å². The molecule has 4 heterocycles. The Bertz CT molecular complexity index is 852. The van der Waals surface area contributed by atoms with Crippen molar-refractivity contribution in [2.45, 2.75) is 20.0 Å². The summed E-state index contributed by atoms with van der Waals surface area (Å²) in [6, 6.07) is 7.64. The van der Waals surface area contributed by atoms with Gasteiger partial charge >= 0.3 is 0 Å². The van der Waals surface area contributed by atoms with Gasteiger partial charge in [-0.25, -0.2) is 4.52 Å². The maximum atomic E-state index is 12.6. The number of hydrogen-bond acceptors (Lipinski definition) is 3. The Morgan fingerprint density at radius 2 is 2.05 bits per heavy atom. The third-order valence-electron chi connectivity index (χ3n) is 3.88. The largest absolute Gasteiger partial charge is 0.330 e. The smallest absolute Gasteiger partial charge is 0.254 e. The standard InChI is InChI=1S/C16H14N4O/c1-11-6-13-9-19(10-14(13)8-17-11)16(21)12-3-5-20-15(7-12)2-4-18-20/h2-8H,9-10H2,1H3. The van der Waals surface area contributed by atoms with Crippen LogP contribution in [0.5, 0.6) is 0 Å². The van der Waals surface area contributed by atoms with E-state index in [4.69, 9.17) is 0 Å². The molecule has 0 saturated heterocycles. The molecule has 3 aromatic rings. The number of aromatic nitrogens is 3. The van der Waals surface area contributed by atoms with E-state index >= 15 is 0 Å². The van der Waals surface area contributed by atoms with Crippen molar-refractivity contribution in [3.05, 3.63) is 65.2 Å². The van der Waals surface area contributed by atoms with Gasteiger partial charge < -0.3 is 4.90 Å². The van der Waals surface area contributed by atoms with Crippen molar-refractivity contribution in [3.63, 3.8) is 0 Å². The maximum Gasteiger partial charge on any atom is 0.254 e. The molecule has 0 aliphatic carbocycles. The molecule has 0 spiro atoms. The van der Waals surface area contributed by atoms with Gasteiger partial charge in [0.25, 0.3) is 5.91 Å². The highest BCUT2D eigenvalue weighted by atomic mass is 16.2. The molecular formula is C16H14N4O. The van der Waals surface area contributed by atoms with E-state index in [1.807, 2.05) is 42.4 Å². The van der Waals surface area contributed by atoms with Crippen LogP contribution >= 0.6 is 0 Å². The predicted molar refractivity (Wildman–Crippen MR) is 77.7 cm³/mol. The van der Waals surface area contributed by atoms with Gasteiger partial charge in [0.1, 0.15) is 0 Å². The van der Waals surface area contributed by atoms with E-state index < -0.39 is 0 Å². The summed E-state index contributed by atoms with van der Waals surface area (Å²) < 4.78 is 1.75. The summed E-state index contributed by atoms with van der Waals surface area (Å²) in [7, 11) is 0. The molecule has 5 nitrogen and oxygen atoms in total. The molecule has 21 heavy (non-hydrogen) atoms. The number of aryl methyl sites for hydroxylation is 1. The minimum atomic E-state index is 0.0487. The van der Waals surface area contributed by atoms with Crippen molar-refractivity contribution in [1.29, 1.82) is 0 Å². The zero-order valence-corrected chi connectivity index (χ0v) is 11.7. The molecule has 4 rings (SSSR count). The molecule has 0 fully saturated rings. The van der Waals surface area contributed by atoms with Crippen LogP contribution in [0.1, 0.15) is 27.2 Å². The molecule has 5 heteroatoms. The van der Waals surface area contributed by atoms with Crippen LogP contribution in [-0.2, 0) is 13.1 Å². The fourth-order valence-corrected chi connectivity index (χ4v) is 2.78. The highest BCUT2D eigenvalue weighted by Crippen LogP contribution is 2.24. The number of hydrogen-bond donors (Lipinski definition) is 0. The number of nitrogens with zero attached hydrogens (tertiary/aromatic N) is 4. The lowest BCUT2D eigenvalue weighted by molar-refractivity contribution is 0.0751. The van der Waals surface area contributed by atoms with E-state index in [-0.39, 0.29) is 5.91 Å². The average molecular weight is 278 g/mol. The van der Waals surface area contributed by atoms with E-state index in [2.05, 4.69) is 16.1 Å². The normalized spacial score (nSPS) is 13.7. The number of amides is 1. The van der Waals surface area contributed by atoms with Gasteiger partial charge in [-0.2, -0.15) is 5.10 Å². The lowest BCUT2D eigenvalue weighted by atomic mass is 10.2. The molecule has 0 aromatic carbocycles. The third kappa shape index (κ3) is 1.98. The first-order chi connectivity index (χ1) is 10.2. The first kappa shape index (κ1) is 12.1. The average Bonchev–Trinajstić information content (AvgIpc) is 3.11. The highest BCUT2D eigenvalue weighted by Gasteiger charge is 2.24. The second kappa shape index (κ2) is 4.41. The minimum Gasteiger partial charge on any atom is -0.330 e. The Hall–Kier alpha value is -2.69. The van der Waals surface area contributed by atoms with Gasteiger partial charge in [-0.15, -0.1) is 0 Å². The van der Waals surface area contributed by atoms with Crippen molar-refractivity contribution in [2.75, 3.05) is 0 Å². The summed E-state index contributed by atoms with van der Waals surface area (Å²) in [5.41, 5.74) is 4.94. The Labute approximate surface area is 121 Å². The predicted octanol–water partition coefficient (Wildman–Crippen LogP) is 2.19. The second-order valence-corrected chi connectivity index (χ2v) is 5.37. The molecule has 104 valence electrons. The van der Waals surface area contributed by atoms with E-state index in [0.29, 0.717) is 18.7 Å². The molecule has 3 aromatic heterocycles. The van der Waals surface area contributed by atoms with Crippen molar-refractivity contribution in [3.8, 4) is 0 Å². The summed E-state index contributed by atoms with van der Waals surface area (Å²) in [5.74, 6) is 0.0487. The molecule has 1 aliphatic heterocycles. The van der Waals surface area contributed by atoms with Gasteiger partial charge in [0, 0.05) is 42.9 Å². The fraction of sp³-hybridized carbons (Fsp3) is 0.188. The summed E-state index contributed by atoms with van der Waals surface area (Å²) in [5, 5.41) is 4.14. The second-order valence-electron chi connectivity index (χ2n) is 5.37. The molecule has 0 N–H and O–H groups in total. The van der Waals surface area contributed by atoms with Gasteiger partial charge in [0.05, 0.1) is 5.52 Å². The van der Waals surface area contributed by atoms with Crippen molar-refractivity contribution in [1.82, 2.24) is 19.5 Å². The van der Waals surface area contributed by atoms with Crippen LogP contribution < -0.4 is 0 Å². The molecule has 0 unspecified atom stereocenters. The van der Waals surface area contributed by atoms with Crippen LogP contribution in [-0.4, -0.2) is 25.4 Å². The quantitative estimate of drug-likeness (QED) is 0.685. The van der Waals surface area contributed by atoms with Gasteiger partial charge in [0.2, 0.25) is 0 Å². The Morgan fingerprint density at radius 3 is 2.95 bits per heavy atom. The molecule has 1 amide bonds. The third-order valence-corrected chi connectivity index (χ3v) is 3.88. The van der Waals surface area contributed by atoms with Crippen LogP contribution in [0.15, 0.2) is 42.9 Å². The zero-order chi connectivity index (χ0) is 14.4. The fourth-order valence-electron chi connectivity index (χ4n) is 2.78. The van der Waals surface area contributed by atoms with Crippen LogP contribution in [0.25, 0.3) is 5.52 Å². The maximum absolute atomic E-state index is 12.6. The number of carbonyl (C=O) groups is 1. The summed E-state index contributed by atoms with van der Waals surface area (Å²) in [4.78, 5) is 18.8. The van der Waals surface area contributed by atoms with E-state index in [1.165, 1.54) is 5.56 Å². The van der Waals surface area contributed by atoms with E-state index in [0.717, 1.165) is 16.8 Å². The molecule has 0 bridgehead atoms. The first-order valence-electron chi connectivity index (χ1n) is 6.88. The van der Waals surface area contributed by atoms with Crippen molar-refractivity contribution < 1.29 is 4.79 Å². The number of carbonyl (C=O) groups excluding carboxylic acids is 1. The number of fused-ring (bicyclic) bond motifs is 2. The van der Waals surface area contributed by atoms with Gasteiger partial charge in [-0.3, -0.25) is 9.78 Å². The molecule has 0 saturated carbocycles. The summed E-state index contributed by atoms with van der Waals surface area (Å²) in [6.07, 6.45) is 5.42. The van der Waals surface area contributed by atoms with Crippen LogP contribution in [0.3, 0.4) is 0 Å². The molecule has 1 aliphatic rings. The Morgan fingerprint density at radius 1 is 1.19 bits per heavy atom. The number of rotatable bonds is 1. The topological polar surface area (TPSA) is 50.5 Å². The zero-order valence-electron chi connectivity index (χ0n) is 11.7. The van der Waals surface area contributed by atoms with Gasteiger partial charge in [-0.05, 0) is 42.3 Å². The van der Waals surface area contributed by atoms with Crippen molar-refractivity contribution >= 4 is 11.4 Å². The van der Waals surface area contributed by atoms with Crippen LogP contribution in [0.4, 0.5) is 0 Å². The van der Waals surface area contributed by atoms with Crippen molar-refractivity contribution in [2.24, 2.45) is 0 Å². The van der Waals surface area contributed by atoms with Gasteiger partial charge in [0.15, 0.2) is 0 Å². The summed E-state index contributed by atoms with van der Waals surface area (Å²) in [6.45, 7) is 3.26. The number of pyridine rings is 2. The lowest BCUT2D eigenvalue weighted by Crippen LogP contribution is -2.25. The minimum absolute atomic E-state index is 0.0487. The highest BCUT2D eigenvalue weighted by molar-refractivity contribution is 5.95. The molecule has 0 atom stereocenters. The first-order valence-corrected chi connectivity index (χ1v) is 6.88. The monoisotopic (exact) mass is 278 g/mol. The Kier molecular flexibility index (Phi) is 2.54. The Balaban J connectivity index is 1.64. The SMILES string of the molecule is Cc1cc2c(cn1)CN(C(=O)c1ccn3nccc3c1)C2. The molecular weight excluding hydrogens is 264 g/mol. The summed E-state index contributed by atoms with van der Waals surface area (Å²) >= 11 is 0. The molecule has 0 radical (unpaired) electrons. The van der Waals surface area contributed by atoms with E-state index in [1.54, 1.807) is 10.7 Å². The lowest BCUT2D eigenvalue weighted by Gasteiger charge is -2.15.